The minimum Gasteiger partial charge on any atom is -0.444 e. The van der Waals surface area contributed by atoms with E-state index in [1.165, 1.54) is 38.5 Å². The average Bonchev–Trinajstić information content (AvgIpc) is 2.43. The lowest BCUT2D eigenvalue weighted by Crippen LogP contribution is -2.24. The highest BCUT2D eigenvalue weighted by molar-refractivity contribution is 5.69. The van der Waals surface area contributed by atoms with E-state index in [4.69, 9.17) is 4.74 Å². The van der Waals surface area contributed by atoms with Crippen molar-refractivity contribution in [3.05, 3.63) is 0 Å². The van der Waals surface area contributed by atoms with Gasteiger partial charge in [-0.1, -0.05) is 25.7 Å². The Morgan fingerprint density at radius 2 is 1.85 bits per heavy atom. The topological polar surface area (TPSA) is 38.3 Å². The van der Waals surface area contributed by atoms with Gasteiger partial charge in [0, 0.05) is 0 Å². The highest BCUT2D eigenvalue weighted by atomic mass is 16.6. The van der Waals surface area contributed by atoms with Crippen molar-refractivity contribution in [1.29, 1.82) is 0 Å². The zero-order valence-corrected chi connectivity index (χ0v) is 7.92. The molecule has 1 atom stereocenters. The van der Waals surface area contributed by atoms with Gasteiger partial charge in [-0.2, -0.15) is 0 Å². The predicted molar refractivity (Wildman–Crippen MR) is 49.5 cm³/mol. The highest BCUT2D eigenvalue weighted by Gasteiger charge is 2.30. The van der Waals surface area contributed by atoms with Crippen LogP contribution in [0.25, 0.3) is 0 Å². The van der Waals surface area contributed by atoms with Crippen LogP contribution in [0, 0.1) is 5.92 Å². The third kappa shape index (κ3) is 2.14. The van der Waals surface area contributed by atoms with Gasteiger partial charge in [0.25, 0.3) is 0 Å². The molecule has 2 aliphatic rings. The fourth-order valence-electron chi connectivity index (χ4n) is 2.35. The minimum atomic E-state index is -0.228. The fourth-order valence-corrected chi connectivity index (χ4v) is 2.35. The van der Waals surface area contributed by atoms with E-state index in [-0.39, 0.29) is 12.2 Å². The van der Waals surface area contributed by atoms with Crippen molar-refractivity contribution >= 4 is 6.09 Å². The number of hydrogen-bond acceptors (Lipinski definition) is 2. The molecule has 1 unspecified atom stereocenters. The zero-order chi connectivity index (χ0) is 9.10. The molecule has 1 saturated heterocycles. The van der Waals surface area contributed by atoms with Crippen LogP contribution in [0.5, 0.6) is 0 Å². The molecule has 2 fully saturated rings. The predicted octanol–water partition coefficient (Wildman–Crippen LogP) is 2.07. The lowest BCUT2D eigenvalue weighted by molar-refractivity contribution is 0.0985. The van der Waals surface area contributed by atoms with Gasteiger partial charge >= 0.3 is 6.09 Å². The quantitative estimate of drug-likeness (QED) is 0.632. The molecule has 2 rings (SSSR count). The Labute approximate surface area is 78.8 Å². The smallest absolute Gasteiger partial charge is 0.407 e. The standard InChI is InChI=1S/C10H17NO2/c12-10-11-7-9(13-10)8-5-3-1-2-4-6-8/h8-9H,1-7H2,(H,11,12). The van der Waals surface area contributed by atoms with E-state index in [9.17, 15) is 4.79 Å². The Hall–Kier alpha value is -0.730. The van der Waals surface area contributed by atoms with Gasteiger partial charge < -0.3 is 10.1 Å². The zero-order valence-electron chi connectivity index (χ0n) is 7.92. The van der Waals surface area contributed by atoms with Crippen LogP contribution in [0.1, 0.15) is 38.5 Å². The van der Waals surface area contributed by atoms with Crippen molar-refractivity contribution in [1.82, 2.24) is 5.32 Å². The van der Waals surface area contributed by atoms with Crippen molar-refractivity contribution < 1.29 is 9.53 Å². The van der Waals surface area contributed by atoms with Crippen LogP contribution in [-0.2, 0) is 4.74 Å². The Morgan fingerprint density at radius 3 is 2.38 bits per heavy atom. The summed E-state index contributed by atoms with van der Waals surface area (Å²) in [7, 11) is 0. The lowest BCUT2D eigenvalue weighted by Gasteiger charge is -2.18. The van der Waals surface area contributed by atoms with Crippen molar-refractivity contribution in [3.63, 3.8) is 0 Å². The molecule has 0 aromatic heterocycles. The summed E-state index contributed by atoms with van der Waals surface area (Å²) in [6.45, 7) is 0.726. The molecule has 1 aliphatic heterocycles. The third-order valence-electron chi connectivity index (χ3n) is 3.13. The van der Waals surface area contributed by atoms with Gasteiger partial charge in [-0.3, -0.25) is 0 Å². The summed E-state index contributed by atoms with van der Waals surface area (Å²) in [6, 6.07) is 0. The normalized spacial score (nSPS) is 30.8. The number of carbonyl (C=O) groups excluding carboxylic acids is 1. The first kappa shape index (κ1) is 8.85. The van der Waals surface area contributed by atoms with Gasteiger partial charge in [0.2, 0.25) is 0 Å². The van der Waals surface area contributed by atoms with Gasteiger partial charge in [-0.05, 0) is 18.8 Å². The summed E-state index contributed by atoms with van der Waals surface area (Å²) in [4.78, 5) is 10.8. The highest BCUT2D eigenvalue weighted by Crippen LogP contribution is 2.28. The lowest BCUT2D eigenvalue weighted by atomic mass is 9.94. The number of rotatable bonds is 1. The summed E-state index contributed by atoms with van der Waals surface area (Å²) in [5, 5.41) is 2.73. The number of alkyl carbamates (subject to hydrolysis) is 1. The molecule has 1 N–H and O–H groups in total. The molecular formula is C10H17NO2. The van der Waals surface area contributed by atoms with E-state index < -0.39 is 0 Å². The van der Waals surface area contributed by atoms with Crippen molar-refractivity contribution in [2.45, 2.75) is 44.6 Å². The first-order chi connectivity index (χ1) is 6.36. The molecule has 74 valence electrons. The van der Waals surface area contributed by atoms with Crippen LogP contribution >= 0.6 is 0 Å². The van der Waals surface area contributed by atoms with Gasteiger partial charge in [0.15, 0.2) is 0 Å². The molecule has 1 heterocycles. The van der Waals surface area contributed by atoms with Gasteiger partial charge in [-0.25, -0.2) is 4.79 Å². The maximum Gasteiger partial charge on any atom is 0.407 e. The Bertz CT molecular complexity index is 185. The van der Waals surface area contributed by atoms with E-state index in [0.717, 1.165) is 6.54 Å². The maximum absolute atomic E-state index is 10.8. The van der Waals surface area contributed by atoms with Crippen LogP contribution in [0.15, 0.2) is 0 Å². The van der Waals surface area contributed by atoms with Crippen LogP contribution in [-0.4, -0.2) is 18.7 Å². The van der Waals surface area contributed by atoms with Crippen molar-refractivity contribution in [2.75, 3.05) is 6.54 Å². The Kier molecular flexibility index (Phi) is 2.71. The number of cyclic esters (lactones) is 1. The first-order valence-electron chi connectivity index (χ1n) is 5.31. The first-order valence-corrected chi connectivity index (χ1v) is 5.31. The summed E-state index contributed by atoms with van der Waals surface area (Å²) in [5.41, 5.74) is 0. The minimum absolute atomic E-state index is 0.158. The second-order valence-electron chi connectivity index (χ2n) is 4.08. The van der Waals surface area contributed by atoms with Crippen molar-refractivity contribution in [3.8, 4) is 0 Å². The molecule has 3 heteroatoms. The molecule has 3 nitrogen and oxygen atoms in total. The molecule has 0 aromatic carbocycles. The number of carbonyl (C=O) groups is 1. The molecule has 0 radical (unpaired) electrons. The Balaban J connectivity index is 1.87. The molecular weight excluding hydrogens is 166 g/mol. The van der Waals surface area contributed by atoms with E-state index in [0.29, 0.717) is 5.92 Å². The number of amides is 1. The van der Waals surface area contributed by atoms with E-state index in [2.05, 4.69) is 5.32 Å². The second kappa shape index (κ2) is 3.99. The average molecular weight is 183 g/mol. The van der Waals surface area contributed by atoms with Crippen LogP contribution in [0.2, 0.25) is 0 Å². The summed E-state index contributed by atoms with van der Waals surface area (Å²) in [6.07, 6.45) is 7.71. The van der Waals surface area contributed by atoms with Gasteiger partial charge in [-0.15, -0.1) is 0 Å². The number of hydrogen-bond donors (Lipinski definition) is 1. The molecule has 0 bridgehead atoms. The number of ether oxygens (including phenoxy) is 1. The van der Waals surface area contributed by atoms with Crippen LogP contribution < -0.4 is 5.32 Å². The van der Waals surface area contributed by atoms with Gasteiger partial charge in [0.05, 0.1) is 6.54 Å². The molecule has 0 aromatic rings. The SMILES string of the molecule is O=C1NCC(C2CCCCCC2)O1. The van der Waals surface area contributed by atoms with Crippen LogP contribution in [0.4, 0.5) is 4.79 Å². The fraction of sp³-hybridized carbons (Fsp3) is 0.900. The molecule has 13 heavy (non-hydrogen) atoms. The summed E-state index contributed by atoms with van der Waals surface area (Å²) in [5.74, 6) is 0.612. The second-order valence-corrected chi connectivity index (χ2v) is 4.08. The van der Waals surface area contributed by atoms with Crippen LogP contribution in [0.3, 0.4) is 0 Å². The monoisotopic (exact) mass is 183 g/mol. The number of nitrogens with one attached hydrogen (secondary N) is 1. The van der Waals surface area contributed by atoms with E-state index in [1.54, 1.807) is 0 Å². The molecule has 1 saturated carbocycles. The van der Waals surface area contributed by atoms with Gasteiger partial charge in [0.1, 0.15) is 6.10 Å². The molecule has 1 aliphatic carbocycles. The molecule has 1 amide bonds. The largest absolute Gasteiger partial charge is 0.444 e. The third-order valence-corrected chi connectivity index (χ3v) is 3.13. The maximum atomic E-state index is 10.8. The van der Waals surface area contributed by atoms with Crippen molar-refractivity contribution in [2.24, 2.45) is 5.92 Å². The summed E-state index contributed by atoms with van der Waals surface area (Å²) < 4.78 is 5.21. The van der Waals surface area contributed by atoms with E-state index >= 15 is 0 Å². The van der Waals surface area contributed by atoms with E-state index in [1.807, 2.05) is 0 Å². The summed E-state index contributed by atoms with van der Waals surface area (Å²) >= 11 is 0. The molecule has 0 spiro atoms. The Morgan fingerprint density at radius 1 is 1.15 bits per heavy atom.